The van der Waals surface area contributed by atoms with E-state index in [1.165, 1.54) is 19.3 Å². The first-order chi connectivity index (χ1) is 10.2. The molecule has 4 fully saturated rings. The van der Waals surface area contributed by atoms with Crippen molar-refractivity contribution in [1.82, 2.24) is 20.4 Å². The number of hydrogen-bond donors (Lipinski definition) is 2. The molecule has 1 aliphatic carbocycles. The van der Waals surface area contributed by atoms with Gasteiger partial charge >= 0.3 is 0 Å². The van der Waals surface area contributed by atoms with Crippen LogP contribution in [0, 0.1) is 11.8 Å². The number of nitrogens with zero attached hydrogens (tertiary/aromatic N) is 2. The molecule has 0 aromatic heterocycles. The maximum absolute atomic E-state index is 12.9. The zero-order valence-electron chi connectivity index (χ0n) is 13.1. The smallest absolute Gasteiger partial charge is 0.239 e. The van der Waals surface area contributed by atoms with E-state index in [0.717, 1.165) is 51.1 Å². The van der Waals surface area contributed by atoms with Crippen molar-refractivity contribution in [2.75, 3.05) is 32.8 Å². The van der Waals surface area contributed by atoms with E-state index in [2.05, 4.69) is 27.4 Å². The van der Waals surface area contributed by atoms with Gasteiger partial charge in [0.15, 0.2) is 0 Å². The lowest BCUT2D eigenvalue weighted by atomic mass is 9.78. The van der Waals surface area contributed by atoms with Gasteiger partial charge in [0.1, 0.15) is 0 Å². The van der Waals surface area contributed by atoms with E-state index in [1.807, 2.05) is 0 Å². The molecule has 2 N–H and O–H groups in total. The first kappa shape index (κ1) is 14.0. The summed E-state index contributed by atoms with van der Waals surface area (Å²) in [5, 5.41) is 7.09. The molecular weight excluding hydrogens is 264 g/mol. The number of carbonyl (C=O) groups is 1. The summed E-state index contributed by atoms with van der Waals surface area (Å²) in [6.07, 6.45) is 5.04. The maximum Gasteiger partial charge on any atom is 0.239 e. The quantitative estimate of drug-likeness (QED) is 0.726. The van der Waals surface area contributed by atoms with Gasteiger partial charge in [-0.3, -0.25) is 9.69 Å². The van der Waals surface area contributed by atoms with Gasteiger partial charge in [0.25, 0.3) is 0 Å². The Hall–Kier alpha value is -0.650. The van der Waals surface area contributed by atoms with E-state index in [-0.39, 0.29) is 6.04 Å². The first-order valence-electron chi connectivity index (χ1n) is 8.72. The van der Waals surface area contributed by atoms with Crippen LogP contribution in [0.15, 0.2) is 0 Å². The molecule has 4 aliphatic rings. The molecule has 0 bridgehead atoms. The van der Waals surface area contributed by atoms with Gasteiger partial charge in [-0.2, -0.15) is 0 Å². The topological polar surface area (TPSA) is 47.6 Å². The Kier molecular flexibility index (Phi) is 3.67. The number of fused-ring (bicyclic) bond motifs is 2. The summed E-state index contributed by atoms with van der Waals surface area (Å²) in [5.74, 6) is 1.83. The molecule has 0 aromatic carbocycles. The third kappa shape index (κ3) is 2.49. The molecule has 118 valence electrons. The molecule has 1 amide bonds. The van der Waals surface area contributed by atoms with Gasteiger partial charge in [-0.15, -0.1) is 0 Å². The predicted molar refractivity (Wildman–Crippen MR) is 81.8 cm³/mol. The minimum Gasteiger partial charge on any atom is -0.338 e. The molecule has 21 heavy (non-hydrogen) atoms. The van der Waals surface area contributed by atoms with Crippen molar-refractivity contribution < 1.29 is 4.79 Å². The van der Waals surface area contributed by atoms with Crippen molar-refractivity contribution in [2.45, 2.75) is 50.7 Å². The number of nitrogens with one attached hydrogen (secondary N) is 2. The lowest BCUT2D eigenvalue weighted by Gasteiger charge is -2.38. The van der Waals surface area contributed by atoms with E-state index < -0.39 is 0 Å². The third-order valence-corrected chi connectivity index (χ3v) is 6.20. The first-order valence-corrected chi connectivity index (χ1v) is 8.72. The summed E-state index contributed by atoms with van der Waals surface area (Å²) in [5.41, 5.74) is 0. The molecule has 1 saturated carbocycles. The Labute approximate surface area is 127 Å². The number of hydrogen-bond acceptors (Lipinski definition) is 4. The molecule has 3 heterocycles. The SMILES string of the molecule is CC1CCCC2CC(C(=O)N3CCN4CNCC4C3)NC12. The zero-order chi connectivity index (χ0) is 14.4. The molecule has 0 spiro atoms. The van der Waals surface area contributed by atoms with Crippen LogP contribution in [0.1, 0.15) is 32.6 Å². The fourth-order valence-electron chi connectivity index (χ4n) is 4.96. The second kappa shape index (κ2) is 5.52. The van der Waals surface area contributed by atoms with Gasteiger partial charge in [-0.1, -0.05) is 13.3 Å². The molecule has 0 radical (unpaired) electrons. The molecule has 5 unspecified atom stereocenters. The van der Waals surface area contributed by atoms with Gasteiger partial charge in [-0.25, -0.2) is 0 Å². The van der Waals surface area contributed by atoms with Gasteiger partial charge in [0.05, 0.1) is 6.04 Å². The van der Waals surface area contributed by atoms with Gasteiger partial charge in [0, 0.05) is 44.9 Å². The molecule has 0 aromatic rings. The van der Waals surface area contributed by atoms with Crippen LogP contribution >= 0.6 is 0 Å². The summed E-state index contributed by atoms with van der Waals surface area (Å²) >= 11 is 0. The zero-order valence-corrected chi connectivity index (χ0v) is 13.1. The summed E-state index contributed by atoms with van der Waals surface area (Å²) in [7, 11) is 0. The highest BCUT2D eigenvalue weighted by molar-refractivity contribution is 5.82. The summed E-state index contributed by atoms with van der Waals surface area (Å²) in [4.78, 5) is 17.4. The molecule has 4 rings (SSSR count). The maximum atomic E-state index is 12.9. The predicted octanol–water partition coefficient (Wildman–Crippen LogP) is 0.227. The Balaban J connectivity index is 1.39. The summed E-state index contributed by atoms with van der Waals surface area (Å²) in [6.45, 7) is 7.22. The van der Waals surface area contributed by atoms with E-state index in [1.54, 1.807) is 0 Å². The van der Waals surface area contributed by atoms with Crippen LogP contribution in [0.4, 0.5) is 0 Å². The fraction of sp³-hybridized carbons (Fsp3) is 0.938. The van der Waals surface area contributed by atoms with E-state index in [0.29, 0.717) is 18.0 Å². The largest absolute Gasteiger partial charge is 0.338 e. The Morgan fingerprint density at radius 3 is 3.00 bits per heavy atom. The van der Waals surface area contributed by atoms with Crippen molar-refractivity contribution in [3.63, 3.8) is 0 Å². The van der Waals surface area contributed by atoms with Crippen LogP contribution in [0.25, 0.3) is 0 Å². The van der Waals surface area contributed by atoms with Gasteiger partial charge in [-0.05, 0) is 31.1 Å². The lowest BCUT2D eigenvalue weighted by molar-refractivity contribution is -0.135. The minimum absolute atomic E-state index is 0.0847. The van der Waals surface area contributed by atoms with Crippen molar-refractivity contribution in [3.8, 4) is 0 Å². The van der Waals surface area contributed by atoms with E-state index in [4.69, 9.17) is 0 Å². The summed E-state index contributed by atoms with van der Waals surface area (Å²) < 4.78 is 0. The van der Waals surface area contributed by atoms with Crippen LogP contribution in [0.3, 0.4) is 0 Å². The monoisotopic (exact) mass is 292 g/mol. The highest BCUT2D eigenvalue weighted by Crippen LogP contribution is 2.37. The van der Waals surface area contributed by atoms with Crippen LogP contribution in [0.2, 0.25) is 0 Å². The second-order valence-electron chi connectivity index (χ2n) is 7.51. The van der Waals surface area contributed by atoms with Crippen molar-refractivity contribution in [3.05, 3.63) is 0 Å². The average Bonchev–Trinajstić information content (AvgIpc) is 3.12. The third-order valence-electron chi connectivity index (χ3n) is 6.20. The van der Waals surface area contributed by atoms with Crippen LogP contribution in [0.5, 0.6) is 0 Å². The van der Waals surface area contributed by atoms with Gasteiger partial charge in [0.2, 0.25) is 5.91 Å². The highest BCUT2D eigenvalue weighted by Gasteiger charge is 2.43. The molecule has 3 saturated heterocycles. The molecule has 5 heteroatoms. The lowest BCUT2D eigenvalue weighted by Crippen LogP contribution is -2.56. The Bertz CT molecular complexity index is 415. The second-order valence-corrected chi connectivity index (χ2v) is 7.51. The van der Waals surface area contributed by atoms with Crippen molar-refractivity contribution in [2.24, 2.45) is 11.8 Å². The normalized spacial score (nSPS) is 43.7. The van der Waals surface area contributed by atoms with Gasteiger partial charge < -0.3 is 15.5 Å². The molecular formula is C16H28N4O. The van der Waals surface area contributed by atoms with Crippen LogP contribution in [-0.4, -0.2) is 66.7 Å². The van der Waals surface area contributed by atoms with Crippen LogP contribution in [-0.2, 0) is 4.79 Å². The molecule has 3 aliphatic heterocycles. The minimum atomic E-state index is 0.0847. The molecule has 5 atom stereocenters. The van der Waals surface area contributed by atoms with E-state index >= 15 is 0 Å². The number of amides is 1. The highest BCUT2D eigenvalue weighted by atomic mass is 16.2. The van der Waals surface area contributed by atoms with Crippen LogP contribution < -0.4 is 10.6 Å². The number of piperazine rings is 1. The Morgan fingerprint density at radius 2 is 2.14 bits per heavy atom. The number of carbonyl (C=O) groups excluding carboxylic acids is 1. The van der Waals surface area contributed by atoms with Crippen molar-refractivity contribution in [1.29, 1.82) is 0 Å². The standard InChI is InChI=1S/C16H28N4O/c1-11-3-2-4-12-7-14(18-15(11)12)16(21)19-5-6-20-10-17-8-13(20)9-19/h11-15,17-18H,2-10H2,1H3. The van der Waals surface area contributed by atoms with E-state index in [9.17, 15) is 4.79 Å². The summed E-state index contributed by atoms with van der Waals surface area (Å²) in [6, 6.07) is 1.20. The fourth-order valence-corrected chi connectivity index (χ4v) is 4.96. The Morgan fingerprint density at radius 1 is 1.24 bits per heavy atom. The number of rotatable bonds is 1. The molecule has 5 nitrogen and oxygen atoms in total. The average molecular weight is 292 g/mol. The van der Waals surface area contributed by atoms with Crippen molar-refractivity contribution >= 4 is 5.91 Å².